The highest BCUT2D eigenvalue weighted by Crippen LogP contribution is 2.13. The molecule has 30 heavy (non-hydrogen) atoms. The van der Waals surface area contributed by atoms with Gasteiger partial charge in [0.2, 0.25) is 0 Å². The van der Waals surface area contributed by atoms with Gasteiger partial charge in [-0.15, -0.1) is 0 Å². The fourth-order valence-corrected chi connectivity index (χ4v) is 3.60. The number of hydrogen-bond donors (Lipinski definition) is 2. The lowest BCUT2D eigenvalue weighted by Gasteiger charge is -2.26. The Morgan fingerprint density at radius 1 is 0.867 bits per heavy atom. The first-order chi connectivity index (χ1) is 14.7. The van der Waals surface area contributed by atoms with Gasteiger partial charge in [-0.1, -0.05) is 54.6 Å². The van der Waals surface area contributed by atoms with Gasteiger partial charge in [0.1, 0.15) is 0 Å². The van der Waals surface area contributed by atoms with Gasteiger partial charge in [0.25, 0.3) is 5.91 Å². The van der Waals surface area contributed by atoms with Crippen molar-refractivity contribution >= 4 is 11.9 Å². The number of hydroxylamine groups is 1. The Morgan fingerprint density at radius 2 is 1.50 bits per heavy atom. The van der Waals surface area contributed by atoms with Gasteiger partial charge in [-0.3, -0.25) is 4.79 Å². The molecule has 0 radical (unpaired) electrons. The maximum absolute atomic E-state index is 12.0. The average molecular weight is 409 g/mol. The van der Waals surface area contributed by atoms with Crippen LogP contribution in [0.15, 0.2) is 54.6 Å². The molecule has 1 amide bonds. The SMILES string of the molecule is O=C(Cc1ccc(CCCCc2ccccc2)cc1)NOC(=O)CCCC1CNC1. The van der Waals surface area contributed by atoms with Crippen molar-refractivity contribution in [3.63, 3.8) is 0 Å². The minimum absolute atomic E-state index is 0.204. The summed E-state index contributed by atoms with van der Waals surface area (Å²) in [7, 11) is 0. The van der Waals surface area contributed by atoms with Crippen LogP contribution in [0.3, 0.4) is 0 Å². The van der Waals surface area contributed by atoms with Crippen LogP contribution in [0.2, 0.25) is 0 Å². The fourth-order valence-electron chi connectivity index (χ4n) is 3.60. The standard InChI is InChI=1S/C25H32N2O3/c28-24(27-30-25(29)12-6-11-23-18-26-19-23)17-22-15-13-21(14-16-22)10-5-4-9-20-7-2-1-3-8-20/h1-3,7-8,13-16,23,26H,4-6,9-12,17-19H2,(H,27,28). The zero-order valence-electron chi connectivity index (χ0n) is 17.6. The summed E-state index contributed by atoms with van der Waals surface area (Å²) in [4.78, 5) is 28.6. The number of rotatable bonds is 11. The van der Waals surface area contributed by atoms with Crippen molar-refractivity contribution in [1.82, 2.24) is 10.8 Å². The molecule has 1 fully saturated rings. The monoisotopic (exact) mass is 408 g/mol. The van der Waals surface area contributed by atoms with E-state index in [1.165, 1.54) is 11.1 Å². The van der Waals surface area contributed by atoms with E-state index >= 15 is 0 Å². The summed E-state index contributed by atoms with van der Waals surface area (Å²) >= 11 is 0. The molecule has 1 heterocycles. The molecular weight excluding hydrogens is 376 g/mol. The summed E-state index contributed by atoms with van der Waals surface area (Å²) in [5.41, 5.74) is 5.84. The van der Waals surface area contributed by atoms with E-state index in [1.54, 1.807) is 0 Å². The third-order valence-corrected chi connectivity index (χ3v) is 5.55. The Kier molecular flexibility index (Phi) is 8.91. The number of carbonyl (C=O) groups excluding carboxylic acids is 2. The zero-order valence-corrected chi connectivity index (χ0v) is 17.6. The van der Waals surface area contributed by atoms with Gasteiger partial charge in [-0.25, -0.2) is 4.79 Å². The lowest BCUT2D eigenvalue weighted by Crippen LogP contribution is -2.41. The van der Waals surface area contributed by atoms with Crippen molar-refractivity contribution in [2.24, 2.45) is 5.92 Å². The molecular formula is C25H32N2O3. The van der Waals surface area contributed by atoms with Crippen molar-refractivity contribution in [2.75, 3.05) is 13.1 Å². The molecule has 1 aliphatic heterocycles. The molecule has 5 heteroatoms. The second-order valence-electron chi connectivity index (χ2n) is 8.10. The lowest BCUT2D eigenvalue weighted by molar-refractivity contribution is -0.158. The number of unbranched alkanes of at least 4 members (excludes halogenated alkanes) is 1. The highest BCUT2D eigenvalue weighted by atomic mass is 16.7. The highest BCUT2D eigenvalue weighted by molar-refractivity contribution is 5.79. The van der Waals surface area contributed by atoms with Gasteiger partial charge in [-0.2, -0.15) is 5.48 Å². The number of nitrogens with one attached hydrogen (secondary N) is 2. The van der Waals surface area contributed by atoms with Gasteiger partial charge in [-0.05, 0) is 74.2 Å². The molecule has 0 spiro atoms. The van der Waals surface area contributed by atoms with E-state index in [9.17, 15) is 9.59 Å². The summed E-state index contributed by atoms with van der Waals surface area (Å²) < 4.78 is 0. The third-order valence-electron chi connectivity index (χ3n) is 5.55. The Bertz CT molecular complexity index is 786. The molecule has 0 aromatic heterocycles. The first kappa shape index (κ1) is 22.0. The summed E-state index contributed by atoms with van der Waals surface area (Å²) in [6.45, 7) is 2.08. The third kappa shape index (κ3) is 7.99. The van der Waals surface area contributed by atoms with E-state index < -0.39 is 0 Å². The van der Waals surface area contributed by atoms with E-state index in [4.69, 9.17) is 4.84 Å². The quantitative estimate of drug-likeness (QED) is 0.439. The lowest BCUT2D eigenvalue weighted by atomic mass is 9.97. The van der Waals surface area contributed by atoms with Crippen LogP contribution in [0.25, 0.3) is 0 Å². The second-order valence-corrected chi connectivity index (χ2v) is 8.10. The normalized spacial score (nSPS) is 13.5. The molecule has 0 saturated carbocycles. The van der Waals surface area contributed by atoms with Crippen LogP contribution < -0.4 is 10.8 Å². The van der Waals surface area contributed by atoms with E-state index in [0.29, 0.717) is 12.3 Å². The molecule has 2 N–H and O–H groups in total. The van der Waals surface area contributed by atoms with Crippen LogP contribution in [-0.4, -0.2) is 25.0 Å². The van der Waals surface area contributed by atoms with E-state index in [0.717, 1.165) is 57.2 Å². The Labute approximate surface area is 179 Å². The summed E-state index contributed by atoms with van der Waals surface area (Å²) in [6.07, 6.45) is 6.82. The second kappa shape index (κ2) is 12.1. The zero-order chi connectivity index (χ0) is 21.0. The first-order valence-electron chi connectivity index (χ1n) is 11.0. The smallest absolute Gasteiger partial charge is 0.332 e. The maximum Gasteiger partial charge on any atom is 0.332 e. The molecule has 0 unspecified atom stereocenters. The number of carbonyl (C=O) groups is 2. The summed E-state index contributed by atoms with van der Waals surface area (Å²) in [5.74, 6) is 0.00265. The average Bonchev–Trinajstić information content (AvgIpc) is 2.73. The van der Waals surface area contributed by atoms with Crippen LogP contribution in [0.5, 0.6) is 0 Å². The van der Waals surface area contributed by atoms with Crippen molar-refractivity contribution in [3.05, 3.63) is 71.3 Å². The molecule has 3 rings (SSSR count). The molecule has 2 aromatic carbocycles. The Hall–Kier alpha value is -2.66. The number of hydrogen-bond acceptors (Lipinski definition) is 4. The van der Waals surface area contributed by atoms with Crippen molar-refractivity contribution in [3.8, 4) is 0 Å². The van der Waals surface area contributed by atoms with Crippen LogP contribution in [0.4, 0.5) is 0 Å². The van der Waals surface area contributed by atoms with E-state index in [-0.39, 0.29) is 18.3 Å². The van der Waals surface area contributed by atoms with Crippen LogP contribution >= 0.6 is 0 Å². The molecule has 0 bridgehead atoms. The minimum Gasteiger partial charge on any atom is -0.341 e. The number of aryl methyl sites for hydroxylation is 2. The predicted molar refractivity (Wildman–Crippen MR) is 118 cm³/mol. The first-order valence-corrected chi connectivity index (χ1v) is 11.0. The maximum atomic E-state index is 12.0. The summed E-state index contributed by atoms with van der Waals surface area (Å²) in [6, 6.07) is 18.7. The number of benzene rings is 2. The van der Waals surface area contributed by atoms with Gasteiger partial charge in [0.15, 0.2) is 0 Å². The van der Waals surface area contributed by atoms with Crippen molar-refractivity contribution in [2.45, 2.75) is 51.4 Å². The molecule has 5 nitrogen and oxygen atoms in total. The molecule has 2 aromatic rings. The van der Waals surface area contributed by atoms with Crippen LogP contribution in [0, 0.1) is 5.92 Å². The Morgan fingerprint density at radius 3 is 2.13 bits per heavy atom. The van der Waals surface area contributed by atoms with Gasteiger partial charge in [0.05, 0.1) is 6.42 Å². The topological polar surface area (TPSA) is 67.4 Å². The predicted octanol–water partition coefficient (Wildman–Crippen LogP) is 3.76. The Balaban J connectivity index is 1.27. The molecule has 1 aliphatic rings. The van der Waals surface area contributed by atoms with E-state index in [2.05, 4.69) is 47.2 Å². The molecule has 0 atom stereocenters. The minimum atomic E-state index is -0.374. The van der Waals surface area contributed by atoms with Crippen LogP contribution in [-0.2, 0) is 33.7 Å². The molecule has 0 aliphatic carbocycles. The summed E-state index contributed by atoms with van der Waals surface area (Å²) in [5, 5.41) is 3.21. The van der Waals surface area contributed by atoms with Crippen molar-refractivity contribution < 1.29 is 14.4 Å². The highest BCUT2D eigenvalue weighted by Gasteiger charge is 2.17. The molecule has 160 valence electrons. The number of amides is 1. The van der Waals surface area contributed by atoms with E-state index in [1.807, 2.05) is 18.2 Å². The largest absolute Gasteiger partial charge is 0.341 e. The van der Waals surface area contributed by atoms with Gasteiger partial charge in [0, 0.05) is 6.42 Å². The van der Waals surface area contributed by atoms with Gasteiger partial charge >= 0.3 is 5.97 Å². The van der Waals surface area contributed by atoms with Gasteiger partial charge < -0.3 is 10.2 Å². The van der Waals surface area contributed by atoms with Crippen molar-refractivity contribution in [1.29, 1.82) is 0 Å². The van der Waals surface area contributed by atoms with Crippen LogP contribution in [0.1, 0.15) is 48.8 Å². The fraction of sp³-hybridized carbons (Fsp3) is 0.440. The molecule has 1 saturated heterocycles.